The number of hydrogen-bond acceptors (Lipinski definition) is 3. The Labute approximate surface area is 157 Å². The van der Waals surface area contributed by atoms with E-state index in [4.69, 9.17) is 0 Å². The van der Waals surface area contributed by atoms with Gasteiger partial charge in [0.15, 0.2) is 0 Å². The van der Waals surface area contributed by atoms with Crippen molar-refractivity contribution in [3.63, 3.8) is 0 Å². The molecule has 4 nitrogen and oxygen atoms in total. The summed E-state index contributed by atoms with van der Waals surface area (Å²) >= 11 is 0. The van der Waals surface area contributed by atoms with Gasteiger partial charge >= 0.3 is 0 Å². The summed E-state index contributed by atoms with van der Waals surface area (Å²) in [5.41, 5.74) is 0.778. The maximum atomic E-state index is 13.0. The monoisotopic (exact) mass is 361 g/mol. The van der Waals surface area contributed by atoms with Crippen LogP contribution in [-0.4, -0.2) is 61.3 Å². The first-order valence-corrected chi connectivity index (χ1v) is 10.0. The number of likely N-dealkylation sites (tertiary alicyclic amines) is 1. The number of nitrogens with zero attached hydrogens (tertiary/aromatic N) is 3. The highest BCUT2D eigenvalue weighted by molar-refractivity contribution is 5.93. The minimum Gasteiger partial charge on any atom is -0.339 e. The number of amides is 1. The fourth-order valence-electron chi connectivity index (χ4n) is 4.41. The van der Waals surface area contributed by atoms with Crippen molar-refractivity contribution < 1.29 is 9.18 Å². The molecule has 2 fully saturated rings. The summed E-state index contributed by atoms with van der Waals surface area (Å²) in [6.45, 7) is 3.55. The van der Waals surface area contributed by atoms with Crippen molar-refractivity contribution in [3.05, 3.63) is 30.3 Å². The SMILES string of the molecule is CN1CN(c2ccccc2)C2(CCN(CCCCCCCF)CC2)C1=O. The van der Waals surface area contributed by atoms with Gasteiger partial charge in [-0.1, -0.05) is 37.5 Å². The minimum atomic E-state index is -0.367. The summed E-state index contributed by atoms with van der Waals surface area (Å²) in [7, 11) is 1.91. The Morgan fingerprint density at radius 1 is 1.00 bits per heavy atom. The maximum absolute atomic E-state index is 13.0. The molecule has 1 amide bonds. The van der Waals surface area contributed by atoms with E-state index in [0.717, 1.165) is 51.0 Å². The molecule has 0 unspecified atom stereocenters. The molecular formula is C21H32FN3O. The van der Waals surface area contributed by atoms with Crippen LogP contribution in [0.3, 0.4) is 0 Å². The number of anilines is 1. The summed E-state index contributed by atoms with van der Waals surface area (Å²) in [4.78, 5) is 19.6. The zero-order valence-corrected chi connectivity index (χ0v) is 16.0. The van der Waals surface area contributed by atoms with Gasteiger partial charge in [0.25, 0.3) is 0 Å². The quantitative estimate of drug-likeness (QED) is 0.661. The average molecular weight is 362 g/mol. The predicted octanol–water partition coefficient (Wildman–Crippen LogP) is 3.68. The lowest BCUT2D eigenvalue weighted by Gasteiger charge is -2.43. The van der Waals surface area contributed by atoms with Crippen LogP contribution >= 0.6 is 0 Å². The Balaban J connectivity index is 1.55. The highest BCUT2D eigenvalue weighted by Gasteiger charge is 2.52. The second-order valence-electron chi connectivity index (χ2n) is 7.74. The topological polar surface area (TPSA) is 26.8 Å². The lowest BCUT2D eigenvalue weighted by Crippen LogP contribution is -2.56. The maximum Gasteiger partial charge on any atom is 0.249 e. The first-order chi connectivity index (χ1) is 12.7. The summed E-state index contributed by atoms with van der Waals surface area (Å²) in [5.74, 6) is 0.271. The van der Waals surface area contributed by atoms with Crippen LogP contribution in [0.15, 0.2) is 30.3 Å². The molecule has 0 aliphatic carbocycles. The molecule has 0 bridgehead atoms. The molecule has 1 aromatic carbocycles. The highest BCUT2D eigenvalue weighted by atomic mass is 19.1. The Bertz CT molecular complexity index is 572. The average Bonchev–Trinajstić information content (AvgIpc) is 2.92. The van der Waals surface area contributed by atoms with Crippen LogP contribution in [0.2, 0.25) is 0 Å². The number of rotatable bonds is 8. The van der Waals surface area contributed by atoms with E-state index in [1.54, 1.807) is 0 Å². The molecule has 2 aliphatic rings. The molecule has 0 atom stereocenters. The number of piperidine rings is 1. The van der Waals surface area contributed by atoms with Crippen LogP contribution in [0, 0.1) is 0 Å². The van der Waals surface area contributed by atoms with Gasteiger partial charge in [-0.3, -0.25) is 9.18 Å². The fraction of sp³-hybridized carbons (Fsp3) is 0.667. The zero-order valence-electron chi connectivity index (χ0n) is 16.0. The van der Waals surface area contributed by atoms with E-state index >= 15 is 0 Å². The van der Waals surface area contributed by atoms with Gasteiger partial charge in [0.1, 0.15) is 5.54 Å². The van der Waals surface area contributed by atoms with Gasteiger partial charge in [-0.15, -0.1) is 0 Å². The molecule has 0 radical (unpaired) electrons. The molecule has 1 aromatic rings. The van der Waals surface area contributed by atoms with Crippen LogP contribution in [0.4, 0.5) is 10.1 Å². The van der Waals surface area contributed by atoms with Crippen LogP contribution in [0.5, 0.6) is 0 Å². The molecule has 2 saturated heterocycles. The molecule has 1 spiro atoms. The van der Waals surface area contributed by atoms with E-state index in [1.807, 2.05) is 30.1 Å². The molecule has 2 heterocycles. The lowest BCUT2D eigenvalue weighted by molar-refractivity contribution is -0.132. The molecule has 2 aliphatic heterocycles. The van der Waals surface area contributed by atoms with Gasteiger partial charge in [0.05, 0.1) is 13.3 Å². The predicted molar refractivity (Wildman–Crippen MR) is 104 cm³/mol. The van der Waals surface area contributed by atoms with Gasteiger partial charge in [0.2, 0.25) is 5.91 Å². The molecule has 0 N–H and O–H groups in total. The van der Waals surface area contributed by atoms with Gasteiger partial charge < -0.3 is 14.7 Å². The molecule has 144 valence electrons. The Hall–Kier alpha value is -1.62. The summed E-state index contributed by atoms with van der Waals surface area (Å²) in [6.07, 6.45) is 6.99. The number of hydrogen-bond donors (Lipinski definition) is 0. The van der Waals surface area contributed by atoms with Crippen molar-refractivity contribution in [2.24, 2.45) is 0 Å². The first kappa shape index (κ1) is 19.2. The zero-order chi connectivity index (χ0) is 18.4. The number of halogens is 1. The second kappa shape index (κ2) is 8.85. The van der Waals surface area contributed by atoms with Crippen molar-refractivity contribution >= 4 is 11.6 Å². The summed E-state index contributed by atoms with van der Waals surface area (Å²) in [6, 6.07) is 10.3. The Morgan fingerprint density at radius 3 is 2.35 bits per heavy atom. The van der Waals surface area contributed by atoms with E-state index in [0.29, 0.717) is 13.1 Å². The number of carbonyl (C=O) groups is 1. The highest BCUT2D eigenvalue weighted by Crippen LogP contribution is 2.38. The van der Waals surface area contributed by atoms with Gasteiger partial charge in [-0.2, -0.15) is 0 Å². The molecule has 3 rings (SSSR count). The number of carbonyl (C=O) groups excluding carboxylic acids is 1. The van der Waals surface area contributed by atoms with E-state index in [1.165, 1.54) is 12.8 Å². The number of para-hydroxylation sites is 1. The molecule has 26 heavy (non-hydrogen) atoms. The minimum absolute atomic E-state index is 0.186. The van der Waals surface area contributed by atoms with Crippen molar-refractivity contribution in [1.29, 1.82) is 0 Å². The third kappa shape index (κ3) is 4.03. The third-order valence-electron chi connectivity index (χ3n) is 5.97. The van der Waals surface area contributed by atoms with Crippen molar-refractivity contribution in [2.75, 3.05) is 44.9 Å². The largest absolute Gasteiger partial charge is 0.339 e. The number of benzene rings is 1. The number of alkyl halides is 1. The first-order valence-electron chi connectivity index (χ1n) is 10.0. The van der Waals surface area contributed by atoms with Gasteiger partial charge in [0, 0.05) is 25.8 Å². The van der Waals surface area contributed by atoms with Crippen molar-refractivity contribution in [3.8, 4) is 0 Å². The fourth-order valence-corrected chi connectivity index (χ4v) is 4.41. The lowest BCUT2D eigenvalue weighted by atomic mass is 9.85. The number of likely N-dealkylation sites (N-methyl/N-ethyl adjacent to an activating group) is 1. The molecule has 0 saturated carbocycles. The van der Waals surface area contributed by atoms with Crippen LogP contribution < -0.4 is 4.90 Å². The van der Waals surface area contributed by atoms with Crippen LogP contribution in [0.1, 0.15) is 44.9 Å². The number of unbranched alkanes of at least 4 members (excludes halogenated alkanes) is 4. The molecular weight excluding hydrogens is 329 g/mol. The van der Waals surface area contributed by atoms with Crippen LogP contribution in [0.25, 0.3) is 0 Å². The Kier molecular flexibility index (Phi) is 6.52. The van der Waals surface area contributed by atoms with Gasteiger partial charge in [-0.05, 0) is 44.4 Å². The molecule has 5 heteroatoms. The van der Waals surface area contributed by atoms with E-state index in [9.17, 15) is 9.18 Å². The van der Waals surface area contributed by atoms with Crippen molar-refractivity contribution in [2.45, 2.75) is 50.5 Å². The second-order valence-corrected chi connectivity index (χ2v) is 7.74. The van der Waals surface area contributed by atoms with E-state index in [2.05, 4.69) is 21.9 Å². The van der Waals surface area contributed by atoms with Crippen LogP contribution in [-0.2, 0) is 4.79 Å². The summed E-state index contributed by atoms with van der Waals surface area (Å²) in [5, 5.41) is 0. The smallest absolute Gasteiger partial charge is 0.249 e. The van der Waals surface area contributed by atoms with Crippen molar-refractivity contribution in [1.82, 2.24) is 9.80 Å². The van der Waals surface area contributed by atoms with E-state index in [-0.39, 0.29) is 18.1 Å². The Morgan fingerprint density at radius 2 is 1.65 bits per heavy atom. The third-order valence-corrected chi connectivity index (χ3v) is 5.97. The summed E-state index contributed by atoms with van der Waals surface area (Å²) < 4.78 is 12.1. The molecule has 0 aromatic heterocycles. The standard InChI is InChI=1S/C21H32FN3O/c1-23-18-25(19-10-6-5-7-11-19)21(20(23)26)12-16-24(17-13-21)15-9-4-2-3-8-14-22/h5-7,10-11H,2-4,8-9,12-18H2,1H3. The van der Waals surface area contributed by atoms with Gasteiger partial charge in [-0.25, -0.2) is 0 Å². The van der Waals surface area contributed by atoms with E-state index < -0.39 is 0 Å². The normalized spacial score (nSPS) is 20.3.